The molecule has 0 saturated carbocycles. The standard InChI is InChI=1S/C24H21N5O3S/c1-16(30)17-5-7-19(8-6-17)26-22(31)15-33-24-28-27-23(18-4-3-13-25-14-18)29(24)20-9-11-21(32-2)12-10-20/h3-14H,15H2,1-2H3,(H,26,31). The molecule has 4 rings (SSSR count). The summed E-state index contributed by atoms with van der Waals surface area (Å²) in [4.78, 5) is 28.1. The Morgan fingerprint density at radius 2 is 1.79 bits per heavy atom. The number of nitrogens with one attached hydrogen (secondary N) is 1. The molecule has 1 amide bonds. The number of nitrogens with zero attached hydrogens (tertiary/aromatic N) is 4. The van der Waals surface area contributed by atoms with E-state index in [-0.39, 0.29) is 17.4 Å². The van der Waals surface area contributed by atoms with Crippen LogP contribution in [0.2, 0.25) is 0 Å². The van der Waals surface area contributed by atoms with Gasteiger partial charge in [-0.3, -0.25) is 19.1 Å². The van der Waals surface area contributed by atoms with E-state index in [9.17, 15) is 9.59 Å². The monoisotopic (exact) mass is 459 g/mol. The maximum atomic E-state index is 12.5. The van der Waals surface area contributed by atoms with Crippen molar-refractivity contribution in [3.63, 3.8) is 0 Å². The van der Waals surface area contributed by atoms with Crippen molar-refractivity contribution in [1.29, 1.82) is 0 Å². The first-order chi connectivity index (χ1) is 16.0. The quantitative estimate of drug-likeness (QED) is 0.310. The van der Waals surface area contributed by atoms with E-state index in [4.69, 9.17) is 4.74 Å². The summed E-state index contributed by atoms with van der Waals surface area (Å²) in [5.41, 5.74) is 2.86. The molecule has 4 aromatic rings. The molecule has 0 aliphatic carbocycles. The fourth-order valence-corrected chi connectivity index (χ4v) is 3.88. The second-order valence-electron chi connectivity index (χ2n) is 7.05. The summed E-state index contributed by atoms with van der Waals surface area (Å²) in [7, 11) is 1.61. The van der Waals surface area contributed by atoms with Crippen molar-refractivity contribution in [2.45, 2.75) is 12.1 Å². The van der Waals surface area contributed by atoms with Crippen LogP contribution in [0.5, 0.6) is 5.75 Å². The van der Waals surface area contributed by atoms with Gasteiger partial charge < -0.3 is 10.1 Å². The first kappa shape index (κ1) is 22.2. The number of carbonyl (C=O) groups excluding carboxylic acids is 2. The van der Waals surface area contributed by atoms with Crippen LogP contribution in [0.1, 0.15) is 17.3 Å². The lowest BCUT2D eigenvalue weighted by molar-refractivity contribution is -0.113. The summed E-state index contributed by atoms with van der Waals surface area (Å²) in [6.45, 7) is 1.50. The molecular weight excluding hydrogens is 438 g/mol. The van der Waals surface area contributed by atoms with E-state index in [2.05, 4.69) is 20.5 Å². The van der Waals surface area contributed by atoms with Gasteiger partial charge in [0.15, 0.2) is 16.8 Å². The molecule has 0 aliphatic rings. The van der Waals surface area contributed by atoms with Gasteiger partial charge in [0.25, 0.3) is 0 Å². The highest BCUT2D eigenvalue weighted by molar-refractivity contribution is 7.99. The fraction of sp³-hybridized carbons (Fsp3) is 0.125. The molecule has 0 aliphatic heterocycles. The zero-order valence-corrected chi connectivity index (χ0v) is 18.9. The van der Waals surface area contributed by atoms with Crippen molar-refractivity contribution < 1.29 is 14.3 Å². The van der Waals surface area contributed by atoms with E-state index >= 15 is 0 Å². The van der Waals surface area contributed by atoms with Crippen LogP contribution < -0.4 is 10.1 Å². The highest BCUT2D eigenvalue weighted by Gasteiger charge is 2.17. The molecule has 9 heteroatoms. The van der Waals surface area contributed by atoms with Crippen molar-refractivity contribution in [3.05, 3.63) is 78.6 Å². The number of hydrogen-bond donors (Lipinski definition) is 1. The van der Waals surface area contributed by atoms with E-state index in [0.717, 1.165) is 17.0 Å². The lowest BCUT2D eigenvalue weighted by Gasteiger charge is -2.11. The molecule has 0 fully saturated rings. The van der Waals surface area contributed by atoms with Gasteiger partial charge in [0.2, 0.25) is 5.91 Å². The number of aromatic nitrogens is 4. The molecular formula is C24H21N5O3S. The Morgan fingerprint density at radius 3 is 2.42 bits per heavy atom. The van der Waals surface area contributed by atoms with Crippen LogP contribution in [-0.4, -0.2) is 44.3 Å². The minimum Gasteiger partial charge on any atom is -0.497 e. The van der Waals surface area contributed by atoms with Gasteiger partial charge in [0, 0.05) is 34.9 Å². The maximum absolute atomic E-state index is 12.5. The Kier molecular flexibility index (Phi) is 6.80. The zero-order valence-electron chi connectivity index (χ0n) is 18.1. The van der Waals surface area contributed by atoms with Gasteiger partial charge >= 0.3 is 0 Å². The zero-order chi connectivity index (χ0) is 23.2. The average Bonchev–Trinajstić information content (AvgIpc) is 3.27. The second kappa shape index (κ2) is 10.1. The summed E-state index contributed by atoms with van der Waals surface area (Å²) in [6, 6.07) is 18.0. The maximum Gasteiger partial charge on any atom is 0.234 e. The molecule has 8 nitrogen and oxygen atoms in total. The van der Waals surface area contributed by atoms with Gasteiger partial charge in [-0.05, 0) is 67.6 Å². The molecule has 2 aromatic heterocycles. The molecule has 2 heterocycles. The van der Waals surface area contributed by atoms with Crippen molar-refractivity contribution in [2.75, 3.05) is 18.2 Å². The molecule has 0 radical (unpaired) electrons. The number of rotatable bonds is 8. The number of ketones is 1. The number of carbonyl (C=O) groups is 2. The molecule has 33 heavy (non-hydrogen) atoms. The van der Waals surface area contributed by atoms with Crippen LogP contribution in [0, 0.1) is 0 Å². The average molecular weight is 460 g/mol. The number of hydrogen-bond acceptors (Lipinski definition) is 7. The number of amides is 1. The molecule has 2 aromatic carbocycles. The molecule has 166 valence electrons. The Hall–Kier alpha value is -3.98. The van der Waals surface area contributed by atoms with Crippen LogP contribution in [0.15, 0.2) is 78.2 Å². The van der Waals surface area contributed by atoms with Crippen molar-refractivity contribution >= 4 is 29.1 Å². The third-order valence-electron chi connectivity index (χ3n) is 4.79. The first-order valence-corrected chi connectivity index (χ1v) is 11.1. The van der Waals surface area contributed by atoms with E-state index in [1.54, 1.807) is 43.8 Å². The van der Waals surface area contributed by atoms with Crippen LogP contribution >= 0.6 is 11.8 Å². The molecule has 0 spiro atoms. The van der Waals surface area contributed by atoms with Crippen LogP contribution in [0.25, 0.3) is 17.1 Å². The first-order valence-electron chi connectivity index (χ1n) is 10.1. The molecule has 0 unspecified atom stereocenters. The van der Waals surface area contributed by atoms with Gasteiger partial charge in [0.1, 0.15) is 5.75 Å². The smallest absolute Gasteiger partial charge is 0.234 e. The van der Waals surface area contributed by atoms with Gasteiger partial charge in [-0.2, -0.15) is 0 Å². The topological polar surface area (TPSA) is 99.0 Å². The Balaban J connectivity index is 1.55. The predicted octanol–water partition coefficient (Wildman–Crippen LogP) is 4.27. The third-order valence-corrected chi connectivity index (χ3v) is 5.72. The Morgan fingerprint density at radius 1 is 1.03 bits per heavy atom. The predicted molar refractivity (Wildman–Crippen MR) is 127 cm³/mol. The molecule has 0 saturated heterocycles. The minimum absolute atomic E-state index is 0.0225. The van der Waals surface area contributed by atoms with Crippen molar-refractivity contribution in [1.82, 2.24) is 19.7 Å². The summed E-state index contributed by atoms with van der Waals surface area (Å²) < 4.78 is 7.15. The highest BCUT2D eigenvalue weighted by Crippen LogP contribution is 2.28. The summed E-state index contributed by atoms with van der Waals surface area (Å²) in [5.74, 6) is 1.28. The van der Waals surface area contributed by atoms with Gasteiger partial charge in [-0.15, -0.1) is 10.2 Å². The molecule has 0 atom stereocenters. The van der Waals surface area contributed by atoms with E-state index < -0.39 is 0 Å². The van der Waals surface area contributed by atoms with Crippen LogP contribution in [0.4, 0.5) is 5.69 Å². The van der Waals surface area contributed by atoms with E-state index in [1.165, 1.54) is 18.7 Å². The third kappa shape index (κ3) is 5.27. The van der Waals surface area contributed by atoms with E-state index in [1.807, 2.05) is 41.0 Å². The summed E-state index contributed by atoms with van der Waals surface area (Å²) in [6.07, 6.45) is 3.41. The van der Waals surface area contributed by atoms with Gasteiger partial charge in [0.05, 0.1) is 12.9 Å². The van der Waals surface area contributed by atoms with Crippen LogP contribution in [0.3, 0.4) is 0 Å². The van der Waals surface area contributed by atoms with Crippen molar-refractivity contribution in [2.24, 2.45) is 0 Å². The summed E-state index contributed by atoms with van der Waals surface area (Å²) in [5, 5.41) is 12.1. The number of Topliss-reactive ketones (excluding diaryl/α,β-unsaturated/α-hetero) is 1. The normalized spacial score (nSPS) is 10.6. The SMILES string of the molecule is COc1ccc(-n2c(SCC(=O)Nc3ccc(C(C)=O)cc3)nnc2-c2cccnc2)cc1. The lowest BCUT2D eigenvalue weighted by atomic mass is 10.1. The number of methoxy groups -OCH3 is 1. The molecule has 0 bridgehead atoms. The van der Waals surface area contributed by atoms with Gasteiger partial charge in [-0.25, -0.2) is 0 Å². The second-order valence-corrected chi connectivity index (χ2v) is 7.99. The lowest BCUT2D eigenvalue weighted by Crippen LogP contribution is -2.14. The fourth-order valence-electron chi connectivity index (χ4n) is 3.12. The number of pyridine rings is 1. The Labute approximate surface area is 195 Å². The Bertz CT molecular complexity index is 1260. The number of ether oxygens (including phenoxy) is 1. The highest BCUT2D eigenvalue weighted by atomic mass is 32.2. The molecule has 1 N–H and O–H groups in total. The minimum atomic E-state index is -0.192. The number of thioether (sulfide) groups is 1. The largest absolute Gasteiger partial charge is 0.497 e. The van der Waals surface area contributed by atoms with Crippen molar-refractivity contribution in [3.8, 4) is 22.8 Å². The van der Waals surface area contributed by atoms with Crippen LogP contribution in [-0.2, 0) is 4.79 Å². The van der Waals surface area contributed by atoms with E-state index in [0.29, 0.717) is 22.2 Å². The summed E-state index contributed by atoms with van der Waals surface area (Å²) >= 11 is 1.27. The number of benzene rings is 2. The van der Waals surface area contributed by atoms with Gasteiger partial charge in [-0.1, -0.05) is 11.8 Å². The number of anilines is 1.